The molecule has 0 radical (unpaired) electrons. The highest BCUT2D eigenvalue weighted by atomic mass is 19.1. The number of aryl methyl sites for hydroxylation is 1. The van der Waals surface area contributed by atoms with E-state index < -0.39 is 5.56 Å². The third-order valence-electron chi connectivity index (χ3n) is 2.99. The van der Waals surface area contributed by atoms with E-state index in [0.29, 0.717) is 16.8 Å². The molecular formula is C15H11FN2O2. The van der Waals surface area contributed by atoms with Crippen LogP contribution in [0.1, 0.15) is 28.4 Å². The van der Waals surface area contributed by atoms with Gasteiger partial charge in [0.25, 0.3) is 5.56 Å². The zero-order valence-corrected chi connectivity index (χ0v) is 11.0. The third-order valence-corrected chi connectivity index (χ3v) is 2.99. The number of benzene rings is 1. The summed E-state index contributed by atoms with van der Waals surface area (Å²) in [5.74, 6) is -0.649. The molecular weight excluding hydrogens is 259 g/mol. The number of nitrogens with zero attached hydrogens (tertiary/aromatic N) is 1. The van der Waals surface area contributed by atoms with Gasteiger partial charge in [-0.25, -0.2) is 4.39 Å². The highest BCUT2D eigenvalue weighted by Crippen LogP contribution is 2.23. The maximum absolute atomic E-state index is 13.3. The fourth-order valence-electron chi connectivity index (χ4n) is 1.92. The number of H-pyrrole nitrogens is 1. The van der Waals surface area contributed by atoms with E-state index in [2.05, 4.69) is 4.98 Å². The fraction of sp³-hybridized carbons (Fsp3) is 0.133. The number of hydrogen-bond acceptors (Lipinski definition) is 3. The molecule has 0 spiro atoms. The van der Waals surface area contributed by atoms with Crippen LogP contribution in [0.15, 0.2) is 29.1 Å². The lowest BCUT2D eigenvalue weighted by Gasteiger charge is -2.08. The first-order chi connectivity index (χ1) is 9.43. The summed E-state index contributed by atoms with van der Waals surface area (Å²) in [6.45, 7) is 2.93. The number of rotatable bonds is 2. The highest BCUT2D eigenvalue weighted by molar-refractivity contribution is 6.00. The summed E-state index contributed by atoms with van der Waals surface area (Å²) in [5, 5.41) is 8.84. The van der Waals surface area contributed by atoms with Gasteiger partial charge in [0.15, 0.2) is 5.78 Å². The molecule has 0 bridgehead atoms. The SMILES string of the molecule is CC(=O)c1cc(C#N)c(=O)[nH]c1-c1ccc(F)c(C)c1. The Morgan fingerprint density at radius 3 is 2.60 bits per heavy atom. The second-order valence-electron chi connectivity index (χ2n) is 4.43. The molecule has 0 aliphatic rings. The van der Waals surface area contributed by atoms with E-state index >= 15 is 0 Å². The number of aromatic amines is 1. The van der Waals surface area contributed by atoms with Crippen molar-refractivity contribution in [3.63, 3.8) is 0 Å². The van der Waals surface area contributed by atoms with Gasteiger partial charge in [-0.15, -0.1) is 0 Å². The summed E-state index contributed by atoms with van der Waals surface area (Å²) >= 11 is 0. The molecule has 1 N–H and O–H groups in total. The van der Waals surface area contributed by atoms with Crippen molar-refractivity contribution in [3.8, 4) is 17.3 Å². The van der Waals surface area contributed by atoms with Gasteiger partial charge in [-0.1, -0.05) is 0 Å². The van der Waals surface area contributed by atoms with Crippen LogP contribution in [0.3, 0.4) is 0 Å². The summed E-state index contributed by atoms with van der Waals surface area (Å²) in [5.41, 5.74) is 0.752. The van der Waals surface area contributed by atoms with Gasteiger partial charge in [-0.3, -0.25) is 9.59 Å². The van der Waals surface area contributed by atoms with Crippen LogP contribution >= 0.6 is 0 Å². The van der Waals surface area contributed by atoms with E-state index in [-0.39, 0.29) is 22.7 Å². The van der Waals surface area contributed by atoms with E-state index in [1.165, 1.54) is 25.1 Å². The Bertz CT molecular complexity index is 800. The molecule has 0 amide bonds. The van der Waals surface area contributed by atoms with Crippen LogP contribution in [0.4, 0.5) is 4.39 Å². The Labute approximate surface area is 114 Å². The smallest absolute Gasteiger partial charge is 0.266 e. The van der Waals surface area contributed by atoms with Crippen molar-refractivity contribution in [2.45, 2.75) is 13.8 Å². The Morgan fingerprint density at radius 1 is 1.35 bits per heavy atom. The lowest BCUT2D eigenvalue weighted by molar-refractivity contribution is 0.101. The molecule has 0 fully saturated rings. The number of aromatic nitrogens is 1. The largest absolute Gasteiger partial charge is 0.320 e. The molecule has 0 saturated heterocycles. The van der Waals surface area contributed by atoms with Crippen LogP contribution in [0, 0.1) is 24.1 Å². The summed E-state index contributed by atoms with van der Waals surface area (Å²) in [7, 11) is 0. The molecule has 5 heteroatoms. The monoisotopic (exact) mass is 270 g/mol. The zero-order chi connectivity index (χ0) is 14.9. The van der Waals surface area contributed by atoms with E-state index in [1.54, 1.807) is 19.1 Å². The lowest BCUT2D eigenvalue weighted by atomic mass is 10.00. The number of ketones is 1. The predicted octanol–water partition coefficient (Wildman–Crippen LogP) is 2.56. The van der Waals surface area contributed by atoms with Gasteiger partial charge in [-0.2, -0.15) is 5.26 Å². The molecule has 0 aliphatic carbocycles. The van der Waals surface area contributed by atoms with Gasteiger partial charge in [0.2, 0.25) is 0 Å². The summed E-state index contributed by atoms with van der Waals surface area (Å²) in [4.78, 5) is 25.9. The number of pyridine rings is 1. The maximum Gasteiger partial charge on any atom is 0.266 e. The third kappa shape index (κ3) is 2.36. The van der Waals surface area contributed by atoms with Crippen molar-refractivity contribution in [1.82, 2.24) is 4.98 Å². The molecule has 1 aromatic carbocycles. The number of halogens is 1. The molecule has 0 unspecified atom stereocenters. The number of Topliss-reactive ketones (excluding diaryl/α,β-unsaturated/α-hetero) is 1. The predicted molar refractivity (Wildman–Crippen MR) is 71.9 cm³/mol. The van der Waals surface area contributed by atoms with Crippen molar-refractivity contribution >= 4 is 5.78 Å². The molecule has 2 aromatic rings. The minimum Gasteiger partial charge on any atom is -0.320 e. The summed E-state index contributed by atoms with van der Waals surface area (Å²) in [6, 6.07) is 7.28. The fourth-order valence-corrected chi connectivity index (χ4v) is 1.92. The number of carbonyl (C=O) groups excluding carboxylic acids is 1. The van der Waals surface area contributed by atoms with E-state index in [4.69, 9.17) is 5.26 Å². The molecule has 0 aliphatic heterocycles. The molecule has 4 nitrogen and oxygen atoms in total. The standard InChI is InChI=1S/C15H11FN2O2/c1-8-5-10(3-4-13(8)16)14-12(9(2)19)6-11(7-17)15(20)18-14/h3-6H,1-2H3,(H,18,20). The summed E-state index contributed by atoms with van der Waals surface area (Å²) < 4.78 is 13.3. The van der Waals surface area contributed by atoms with Crippen molar-refractivity contribution in [2.75, 3.05) is 0 Å². The van der Waals surface area contributed by atoms with Crippen LogP contribution in [-0.4, -0.2) is 10.8 Å². The van der Waals surface area contributed by atoms with Gasteiger partial charge in [-0.05, 0) is 49.2 Å². The Hall–Kier alpha value is -2.74. The van der Waals surface area contributed by atoms with E-state index in [1.807, 2.05) is 0 Å². The Kier molecular flexibility index (Phi) is 3.49. The first-order valence-corrected chi connectivity index (χ1v) is 5.89. The minimum atomic E-state index is -0.575. The van der Waals surface area contributed by atoms with Crippen molar-refractivity contribution in [2.24, 2.45) is 0 Å². The average molecular weight is 270 g/mol. The average Bonchev–Trinajstić information content (AvgIpc) is 2.41. The van der Waals surface area contributed by atoms with Crippen LogP contribution in [0.5, 0.6) is 0 Å². The highest BCUT2D eigenvalue weighted by Gasteiger charge is 2.14. The molecule has 0 atom stereocenters. The van der Waals surface area contributed by atoms with Gasteiger partial charge in [0.1, 0.15) is 17.4 Å². The normalized spacial score (nSPS) is 10.1. The molecule has 0 saturated carbocycles. The maximum atomic E-state index is 13.3. The Balaban J connectivity index is 2.76. The molecule has 1 heterocycles. The molecule has 1 aromatic heterocycles. The second-order valence-corrected chi connectivity index (χ2v) is 4.43. The molecule has 2 rings (SSSR count). The first-order valence-electron chi connectivity index (χ1n) is 5.89. The molecule has 100 valence electrons. The van der Waals surface area contributed by atoms with Crippen LogP contribution < -0.4 is 5.56 Å². The number of carbonyl (C=O) groups is 1. The van der Waals surface area contributed by atoms with Crippen molar-refractivity contribution < 1.29 is 9.18 Å². The minimum absolute atomic E-state index is 0.127. The van der Waals surface area contributed by atoms with Crippen LogP contribution in [0.2, 0.25) is 0 Å². The Morgan fingerprint density at radius 2 is 2.05 bits per heavy atom. The van der Waals surface area contributed by atoms with Crippen LogP contribution in [-0.2, 0) is 0 Å². The second kappa shape index (κ2) is 5.10. The lowest BCUT2D eigenvalue weighted by Crippen LogP contribution is -2.14. The number of nitrogens with one attached hydrogen (secondary N) is 1. The van der Waals surface area contributed by atoms with Gasteiger partial charge in [0.05, 0.1) is 5.69 Å². The quantitative estimate of drug-likeness (QED) is 0.852. The van der Waals surface area contributed by atoms with Gasteiger partial charge in [0, 0.05) is 5.56 Å². The topological polar surface area (TPSA) is 73.7 Å². The van der Waals surface area contributed by atoms with E-state index in [0.717, 1.165) is 0 Å². The van der Waals surface area contributed by atoms with E-state index in [9.17, 15) is 14.0 Å². The zero-order valence-electron chi connectivity index (χ0n) is 11.0. The number of nitriles is 1. The van der Waals surface area contributed by atoms with Crippen molar-refractivity contribution in [1.29, 1.82) is 5.26 Å². The van der Waals surface area contributed by atoms with Crippen LogP contribution in [0.25, 0.3) is 11.3 Å². The number of hydrogen-bond donors (Lipinski definition) is 1. The first kappa shape index (κ1) is 13.7. The van der Waals surface area contributed by atoms with Gasteiger partial charge >= 0.3 is 0 Å². The van der Waals surface area contributed by atoms with Gasteiger partial charge < -0.3 is 4.98 Å². The summed E-state index contributed by atoms with van der Waals surface area (Å²) in [6.07, 6.45) is 0. The molecule has 20 heavy (non-hydrogen) atoms. The van der Waals surface area contributed by atoms with Crippen molar-refractivity contribution in [3.05, 3.63) is 57.1 Å².